The maximum atomic E-state index is 12.4. The molecule has 0 aliphatic heterocycles. The predicted octanol–water partition coefficient (Wildman–Crippen LogP) is 1.62. The molecule has 1 rings (SSSR count). The second kappa shape index (κ2) is 9.37. The molecule has 0 heterocycles. The second-order valence-corrected chi connectivity index (χ2v) is 6.21. The Morgan fingerprint density at radius 2 is 1.88 bits per heavy atom. The van der Waals surface area contributed by atoms with E-state index in [-0.39, 0.29) is 17.2 Å². The highest BCUT2D eigenvalue weighted by molar-refractivity contribution is 6.02. The van der Waals surface area contributed by atoms with Gasteiger partial charge in [-0.15, -0.1) is 0 Å². The lowest BCUT2D eigenvalue weighted by molar-refractivity contribution is -0.150. The van der Waals surface area contributed by atoms with Crippen LogP contribution in [0, 0.1) is 24.2 Å². The average molecular weight is 357 g/mol. The first kappa shape index (κ1) is 20.9. The van der Waals surface area contributed by atoms with Gasteiger partial charge in [-0.05, 0) is 31.4 Å². The number of amides is 1. The van der Waals surface area contributed by atoms with E-state index in [1.807, 2.05) is 6.07 Å². The van der Waals surface area contributed by atoms with Gasteiger partial charge in [-0.3, -0.25) is 9.59 Å². The van der Waals surface area contributed by atoms with Crippen molar-refractivity contribution >= 4 is 17.7 Å². The van der Waals surface area contributed by atoms with Crippen molar-refractivity contribution in [3.8, 4) is 6.07 Å². The molecule has 1 aromatic carbocycles. The van der Waals surface area contributed by atoms with Gasteiger partial charge in [0.2, 0.25) is 5.78 Å². The van der Waals surface area contributed by atoms with Crippen LogP contribution in [0.15, 0.2) is 35.5 Å². The lowest BCUT2D eigenvalue weighted by Crippen LogP contribution is -2.46. The topological polar surface area (TPSA) is 122 Å². The van der Waals surface area contributed by atoms with Crippen molar-refractivity contribution in [3.63, 3.8) is 0 Å². The van der Waals surface area contributed by atoms with Crippen LogP contribution in [0.2, 0.25) is 0 Å². The number of hydrogen-bond donors (Lipinski definition) is 2. The molecular formula is C19H23N3O4. The molecule has 1 atom stereocenters. The number of esters is 1. The molecule has 0 radical (unpaired) electrons. The standard InChI is InChI=1S/C19H23N3O4/c1-11(2)17(22-18(24)14-8-6-5-7-12(14)3)19(25)26-10-16(23)15(9-20)13(4)21/h5-8,11,17H,10,21H2,1-4H3,(H,22,24)/b15-13+/t17-/m1/s1. The van der Waals surface area contributed by atoms with Gasteiger partial charge in [-0.2, -0.15) is 5.26 Å². The Labute approximate surface area is 152 Å². The summed E-state index contributed by atoms with van der Waals surface area (Å²) < 4.78 is 4.98. The first-order chi connectivity index (χ1) is 12.2. The largest absolute Gasteiger partial charge is 0.456 e. The first-order valence-electron chi connectivity index (χ1n) is 8.11. The fourth-order valence-corrected chi connectivity index (χ4v) is 2.21. The fraction of sp³-hybridized carbons (Fsp3) is 0.368. The van der Waals surface area contributed by atoms with Crippen LogP contribution >= 0.6 is 0 Å². The molecule has 0 aliphatic carbocycles. The molecule has 1 aromatic rings. The Balaban J connectivity index is 2.81. The molecule has 0 spiro atoms. The van der Waals surface area contributed by atoms with Crippen LogP contribution < -0.4 is 11.1 Å². The third-order valence-electron chi connectivity index (χ3n) is 3.73. The monoisotopic (exact) mass is 357 g/mol. The van der Waals surface area contributed by atoms with Crippen molar-refractivity contribution in [2.75, 3.05) is 6.61 Å². The summed E-state index contributed by atoms with van der Waals surface area (Å²) in [6, 6.07) is 7.75. The van der Waals surface area contributed by atoms with Gasteiger partial charge in [0.15, 0.2) is 6.61 Å². The van der Waals surface area contributed by atoms with Crippen molar-refractivity contribution < 1.29 is 19.1 Å². The highest BCUT2D eigenvalue weighted by Crippen LogP contribution is 2.10. The average Bonchev–Trinajstić information content (AvgIpc) is 2.57. The summed E-state index contributed by atoms with van der Waals surface area (Å²) in [7, 11) is 0. The van der Waals surface area contributed by atoms with E-state index in [4.69, 9.17) is 15.7 Å². The van der Waals surface area contributed by atoms with E-state index in [0.717, 1.165) is 5.56 Å². The number of carbonyl (C=O) groups excluding carboxylic acids is 3. The van der Waals surface area contributed by atoms with Gasteiger partial charge < -0.3 is 15.8 Å². The maximum absolute atomic E-state index is 12.4. The Morgan fingerprint density at radius 1 is 1.27 bits per heavy atom. The molecule has 0 unspecified atom stereocenters. The van der Waals surface area contributed by atoms with E-state index in [9.17, 15) is 14.4 Å². The van der Waals surface area contributed by atoms with Crippen LogP contribution in [0.5, 0.6) is 0 Å². The molecule has 0 saturated heterocycles. The van der Waals surface area contributed by atoms with Crippen LogP contribution in [-0.2, 0) is 14.3 Å². The number of nitrogens with zero attached hydrogens (tertiary/aromatic N) is 1. The molecule has 7 heteroatoms. The molecule has 0 aromatic heterocycles. The molecular weight excluding hydrogens is 334 g/mol. The number of ether oxygens (including phenoxy) is 1. The van der Waals surface area contributed by atoms with Gasteiger partial charge in [-0.25, -0.2) is 4.79 Å². The number of allylic oxidation sites excluding steroid dienone is 1. The molecule has 26 heavy (non-hydrogen) atoms. The zero-order valence-electron chi connectivity index (χ0n) is 15.3. The van der Waals surface area contributed by atoms with Crippen LogP contribution in [0.25, 0.3) is 0 Å². The van der Waals surface area contributed by atoms with Crippen molar-refractivity contribution in [3.05, 3.63) is 46.7 Å². The van der Waals surface area contributed by atoms with Gasteiger partial charge >= 0.3 is 5.97 Å². The number of benzene rings is 1. The van der Waals surface area contributed by atoms with Crippen molar-refractivity contribution in [1.29, 1.82) is 5.26 Å². The van der Waals surface area contributed by atoms with Crippen molar-refractivity contribution in [2.24, 2.45) is 11.7 Å². The summed E-state index contributed by atoms with van der Waals surface area (Å²) in [5.74, 6) is -2.09. The fourth-order valence-electron chi connectivity index (χ4n) is 2.21. The van der Waals surface area contributed by atoms with E-state index in [0.29, 0.717) is 5.56 Å². The van der Waals surface area contributed by atoms with Crippen LogP contribution in [0.1, 0.15) is 36.7 Å². The second-order valence-electron chi connectivity index (χ2n) is 6.21. The minimum atomic E-state index is -0.927. The summed E-state index contributed by atoms with van der Waals surface area (Å²) in [5.41, 5.74) is 6.49. The molecule has 0 bridgehead atoms. The number of aryl methyl sites for hydroxylation is 1. The van der Waals surface area contributed by atoms with Gasteiger partial charge in [0.25, 0.3) is 5.91 Å². The molecule has 0 saturated carbocycles. The SMILES string of the molecule is C/C(N)=C(/C#N)C(=O)COC(=O)[C@H](NC(=O)c1ccccc1C)C(C)C. The molecule has 138 valence electrons. The van der Waals surface area contributed by atoms with Crippen LogP contribution in [0.3, 0.4) is 0 Å². The Bertz CT molecular complexity index is 771. The predicted molar refractivity (Wildman–Crippen MR) is 95.7 cm³/mol. The van der Waals surface area contributed by atoms with Crippen molar-refractivity contribution in [1.82, 2.24) is 5.32 Å². The number of hydrogen-bond acceptors (Lipinski definition) is 6. The molecule has 0 fully saturated rings. The van der Waals surface area contributed by atoms with E-state index in [2.05, 4.69) is 5.32 Å². The van der Waals surface area contributed by atoms with E-state index in [1.54, 1.807) is 45.0 Å². The molecule has 3 N–H and O–H groups in total. The number of ketones is 1. The number of nitrogens with two attached hydrogens (primary N) is 1. The Hall–Kier alpha value is -3.14. The smallest absolute Gasteiger partial charge is 0.329 e. The quantitative estimate of drug-likeness (QED) is 0.434. The summed E-state index contributed by atoms with van der Waals surface area (Å²) in [5, 5.41) is 11.5. The minimum Gasteiger partial charge on any atom is -0.456 e. The Morgan fingerprint density at radius 3 is 2.38 bits per heavy atom. The maximum Gasteiger partial charge on any atom is 0.329 e. The normalized spacial score (nSPS) is 12.6. The lowest BCUT2D eigenvalue weighted by atomic mass is 10.0. The van der Waals surface area contributed by atoms with E-state index < -0.39 is 30.3 Å². The summed E-state index contributed by atoms with van der Waals surface area (Å²) >= 11 is 0. The minimum absolute atomic E-state index is 0.0572. The number of carbonyl (C=O) groups is 3. The number of nitrogens with one attached hydrogen (secondary N) is 1. The van der Waals surface area contributed by atoms with Gasteiger partial charge in [0.1, 0.15) is 17.7 Å². The van der Waals surface area contributed by atoms with Crippen LogP contribution in [0.4, 0.5) is 0 Å². The summed E-state index contributed by atoms with van der Waals surface area (Å²) in [6.45, 7) is 6.09. The molecule has 7 nitrogen and oxygen atoms in total. The highest BCUT2D eigenvalue weighted by atomic mass is 16.5. The van der Waals surface area contributed by atoms with Gasteiger partial charge in [0, 0.05) is 11.3 Å². The first-order valence-corrected chi connectivity index (χ1v) is 8.11. The number of rotatable bonds is 7. The van der Waals surface area contributed by atoms with Crippen LogP contribution in [-0.4, -0.2) is 30.3 Å². The number of Topliss-reactive ketones (excluding diaryl/α,β-unsaturated/α-hetero) is 1. The zero-order chi connectivity index (χ0) is 19.9. The third-order valence-corrected chi connectivity index (χ3v) is 3.73. The van der Waals surface area contributed by atoms with E-state index >= 15 is 0 Å². The summed E-state index contributed by atoms with van der Waals surface area (Å²) in [6.07, 6.45) is 0. The zero-order valence-corrected chi connectivity index (χ0v) is 15.3. The molecule has 0 aliphatic rings. The van der Waals surface area contributed by atoms with Crippen molar-refractivity contribution in [2.45, 2.75) is 33.7 Å². The number of nitriles is 1. The third kappa shape index (κ3) is 5.45. The summed E-state index contributed by atoms with van der Waals surface area (Å²) in [4.78, 5) is 36.6. The van der Waals surface area contributed by atoms with E-state index in [1.165, 1.54) is 6.92 Å². The molecule has 1 amide bonds. The lowest BCUT2D eigenvalue weighted by Gasteiger charge is -2.21. The van der Waals surface area contributed by atoms with Gasteiger partial charge in [0.05, 0.1) is 0 Å². The highest BCUT2D eigenvalue weighted by Gasteiger charge is 2.27. The Kier molecular flexibility index (Phi) is 7.53. The van der Waals surface area contributed by atoms with Gasteiger partial charge in [-0.1, -0.05) is 32.0 Å².